The Bertz CT molecular complexity index is 179. The van der Waals surface area contributed by atoms with Crippen LogP contribution in [0.1, 0.15) is 53.9 Å². The normalized spacial score (nSPS) is 30.0. The molecule has 90 valence electrons. The van der Waals surface area contributed by atoms with Gasteiger partial charge in [-0.3, -0.25) is 4.90 Å². The molecule has 1 aliphatic rings. The van der Waals surface area contributed by atoms with Gasteiger partial charge < -0.3 is 5.32 Å². The summed E-state index contributed by atoms with van der Waals surface area (Å²) < 4.78 is 0. The molecule has 0 aromatic heterocycles. The first-order valence-electron chi connectivity index (χ1n) is 6.57. The van der Waals surface area contributed by atoms with Gasteiger partial charge in [0.1, 0.15) is 0 Å². The molecule has 0 radical (unpaired) electrons. The molecule has 15 heavy (non-hydrogen) atoms. The van der Waals surface area contributed by atoms with Crippen molar-refractivity contribution in [2.24, 2.45) is 0 Å². The zero-order valence-electron chi connectivity index (χ0n) is 11.1. The highest BCUT2D eigenvalue weighted by Crippen LogP contribution is 2.27. The third-order valence-corrected chi connectivity index (χ3v) is 3.65. The standard InChI is InChI=1S/C13H28N2/c1-6-13-8-7-11(4)15(13)12(5)9-14-10(2)3/h10-14H,6-9H2,1-5H3. The highest BCUT2D eigenvalue weighted by molar-refractivity contribution is 4.88. The Hall–Kier alpha value is -0.0800. The van der Waals surface area contributed by atoms with Crippen LogP contribution in [-0.4, -0.2) is 35.6 Å². The van der Waals surface area contributed by atoms with E-state index in [1.165, 1.54) is 19.3 Å². The highest BCUT2D eigenvalue weighted by Gasteiger charge is 2.32. The van der Waals surface area contributed by atoms with Crippen molar-refractivity contribution in [1.82, 2.24) is 10.2 Å². The zero-order valence-corrected chi connectivity index (χ0v) is 11.1. The van der Waals surface area contributed by atoms with Crippen molar-refractivity contribution in [3.05, 3.63) is 0 Å². The number of nitrogens with zero attached hydrogens (tertiary/aromatic N) is 1. The lowest BCUT2D eigenvalue weighted by Gasteiger charge is -2.34. The zero-order chi connectivity index (χ0) is 11.4. The molecule has 0 spiro atoms. The van der Waals surface area contributed by atoms with Crippen molar-refractivity contribution in [2.45, 2.75) is 78.0 Å². The molecule has 3 unspecified atom stereocenters. The molecular formula is C13H28N2. The fourth-order valence-electron chi connectivity index (χ4n) is 2.81. The summed E-state index contributed by atoms with van der Waals surface area (Å²) in [6.07, 6.45) is 4.07. The van der Waals surface area contributed by atoms with Crippen LogP contribution in [0.5, 0.6) is 0 Å². The topological polar surface area (TPSA) is 15.3 Å². The molecule has 1 fully saturated rings. The van der Waals surface area contributed by atoms with Crippen molar-refractivity contribution in [1.29, 1.82) is 0 Å². The third-order valence-electron chi connectivity index (χ3n) is 3.65. The van der Waals surface area contributed by atoms with Crippen LogP contribution in [0.15, 0.2) is 0 Å². The molecule has 3 atom stereocenters. The Morgan fingerprint density at radius 3 is 2.47 bits per heavy atom. The third kappa shape index (κ3) is 3.46. The summed E-state index contributed by atoms with van der Waals surface area (Å²) in [7, 11) is 0. The molecule has 0 saturated carbocycles. The van der Waals surface area contributed by atoms with E-state index in [-0.39, 0.29) is 0 Å². The number of rotatable bonds is 5. The summed E-state index contributed by atoms with van der Waals surface area (Å²) in [5.41, 5.74) is 0. The minimum Gasteiger partial charge on any atom is -0.313 e. The molecule has 1 N–H and O–H groups in total. The lowest BCUT2D eigenvalue weighted by Crippen LogP contribution is -2.47. The van der Waals surface area contributed by atoms with E-state index >= 15 is 0 Å². The van der Waals surface area contributed by atoms with E-state index in [2.05, 4.69) is 44.8 Å². The van der Waals surface area contributed by atoms with Crippen LogP contribution in [0.25, 0.3) is 0 Å². The Labute approximate surface area is 95.4 Å². The maximum absolute atomic E-state index is 3.55. The SMILES string of the molecule is CCC1CCC(C)N1C(C)CNC(C)C. The minimum atomic E-state index is 0.602. The van der Waals surface area contributed by atoms with E-state index in [9.17, 15) is 0 Å². The van der Waals surface area contributed by atoms with Crippen molar-refractivity contribution in [2.75, 3.05) is 6.54 Å². The molecule has 0 aromatic rings. The Morgan fingerprint density at radius 2 is 1.93 bits per heavy atom. The van der Waals surface area contributed by atoms with Crippen LogP contribution in [0.2, 0.25) is 0 Å². The smallest absolute Gasteiger partial charge is 0.0198 e. The second-order valence-electron chi connectivity index (χ2n) is 5.35. The van der Waals surface area contributed by atoms with Crippen molar-refractivity contribution in [3.8, 4) is 0 Å². The Morgan fingerprint density at radius 1 is 1.27 bits per heavy atom. The van der Waals surface area contributed by atoms with E-state index < -0.39 is 0 Å². The second kappa shape index (κ2) is 5.86. The molecule has 0 amide bonds. The molecule has 1 rings (SSSR count). The van der Waals surface area contributed by atoms with Crippen molar-refractivity contribution >= 4 is 0 Å². The first kappa shape index (κ1) is 13.0. The average molecular weight is 212 g/mol. The number of likely N-dealkylation sites (tertiary alicyclic amines) is 1. The maximum Gasteiger partial charge on any atom is 0.0198 e. The van der Waals surface area contributed by atoms with Crippen LogP contribution >= 0.6 is 0 Å². The monoisotopic (exact) mass is 212 g/mol. The summed E-state index contributed by atoms with van der Waals surface area (Å²) >= 11 is 0. The molecule has 2 heteroatoms. The van der Waals surface area contributed by atoms with Gasteiger partial charge >= 0.3 is 0 Å². The molecule has 0 aliphatic carbocycles. The first-order chi connectivity index (χ1) is 7.06. The van der Waals surface area contributed by atoms with Gasteiger partial charge in [-0.15, -0.1) is 0 Å². The summed E-state index contributed by atoms with van der Waals surface area (Å²) in [4.78, 5) is 2.72. The number of hydrogen-bond acceptors (Lipinski definition) is 2. The molecule has 2 nitrogen and oxygen atoms in total. The van der Waals surface area contributed by atoms with Crippen LogP contribution in [0.4, 0.5) is 0 Å². The van der Waals surface area contributed by atoms with Crippen LogP contribution in [-0.2, 0) is 0 Å². The number of hydrogen-bond donors (Lipinski definition) is 1. The summed E-state index contributed by atoms with van der Waals surface area (Å²) in [5, 5.41) is 3.55. The Balaban J connectivity index is 2.44. The van der Waals surface area contributed by atoms with Gasteiger partial charge in [0.25, 0.3) is 0 Å². The van der Waals surface area contributed by atoms with Crippen LogP contribution < -0.4 is 5.32 Å². The predicted octanol–water partition coefficient (Wildman–Crippen LogP) is 2.64. The van der Waals surface area contributed by atoms with E-state index in [1.54, 1.807) is 0 Å². The van der Waals surface area contributed by atoms with Gasteiger partial charge in [-0.25, -0.2) is 0 Å². The molecule has 0 aromatic carbocycles. The lowest BCUT2D eigenvalue weighted by molar-refractivity contribution is 0.139. The molecule has 1 heterocycles. The predicted molar refractivity (Wildman–Crippen MR) is 67.2 cm³/mol. The van der Waals surface area contributed by atoms with Crippen molar-refractivity contribution < 1.29 is 0 Å². The van der Waals surface area contributed by atoms with E-state index in [4.69, 9.17) is 0 Å². The van der Waals surface area contributed by atoms with Gasteiger partial charge in [0.05, 0.1) is 0 Å². The van der Waals surface area contributed by atoms with Gasteiger partial charge in [0.15, 0.2) is 0 Å². The van der Waals surface area contributed by atoms with Crippen LogP contribution in [0.3, 0.4) is 0 Å². The minimum absolute atomic E-state index is 0.602. The first-order valence-corrected chi connectivity index (χ1v) is 6.57. The van der Waals surface area contributed by atoms with Gasteiger partial charge in [-0.2, -0.15) is 0 Å². The maximum atomic E-state index is 3.55. The van der Waals surface area contributed by atoms with Crippen molar-refractivity contribution in [3.63, 3.8) is 0 Å². The summed E-state index contributed by atoms with van der Waals surface area (Å²) in [5.74, 6) is 0. The average Bonchev–Trinajstić information content (AvgIpc) is 2.56. The van der Waals surface area contributed by atoms with E-state index in [0.29, 0.717) is 12.1 Å². The quantitative estimate of drug-likeness (QED) is 0.753. The highest BCUT2D eigenvalue weighted by atomic mass is 15.2. The van der Waals surface area contributed by atoms with Gasteiger partial charge in [0, 0.05) is 30.7 Å². The second-order valence-corrected chi connectivity index (χ2v) is 5.35. The largest absolute Gasteiger partial charge is 0.313 e. The summed E-state index contributed by atoms with van der Waals surface area (Å²) in [6.45, 7) is 12.6. The molecule has 1 saturated heterocycles. The lowest BCUT2D eigenvalue weighted by atomic mass is 10.1. The molecule has 0 bridgehead atoms. The number of nitrogens with one attached hydrogen (secondary N) is 1. The van der Waals surface area contributed by atoms with Gasteiger partial charge in [0.2, 0.25) is 0 Å². The molecule has 1 aliphatic heterocycles. The Kier molecular flexibility index (Phi) is 5.07. The van der Waals surface area contributed by atoms with Gasteiger partial charge in [-0.05, 0) is 33.1 Å². The van der Waals surface area contributed by atoms with Gasteiger partial charge in [-0.1, -0.05) is 20.8 Å². The van der Waals surface area contributed by atoms with E-state index in [0.717, 1.165) is 18.6 Å². The molecular weight excluding hydrogens is 184 g/mol. The summed E-state index contributed by atoms with van der Waals surface area (Å²) in [6, 6.07) is 2.88. The van der Waals surface area contributed by atoms with Crippen LogP contribution in [0, 0.1) is 0 Å². The fourth-order valence-corrected chi connectivity index (χ4v) is 2.81. The fraction of sp³-hybridized carbons (Fsp3) is 1.00. The van der Waals surface area contributed by atoms with E-state index in [1.807, 2.05) is 0 Å².